The zero-order valence-corrected chi connectivity index (χ0v) is 11.8. The lowest BCUT2D eigenvalue weighted by Crippen LogP contribution is -2.50. The van der Waals surface area contributed by atoms with E-state index < -0.39 is 5.97 Å². The zero-order valence-electron chi connectivity index (χ0n) is 11.8. The Bertz CT molecular complexity index is 518. The summed E-state index contributed by atoms with van der Waals surface area (Å²) in [5.41, 5.74) is 2.66. The van der Waals surface area contributed by atoms with E-state index >= 15 is 0 Å². The summed E-state index contributed by atoms with van der Waals surface area (Å²) in [6, 6.07) is 6.29. The minimum atomic E-state index is -0.648. The van der Waals surface area contributed by atoms with E-state index in [0.717, 1.165) is 44.4 Å². The van der Waals surface area contributed by atoms with Crippen LogP contribution in [-0.2, 0) is 16.8 Å². The van der Waals surface area contributed by atoms with E-state index in [4.69, 9.17) is 9.84 Å². The molecule has 0 aromatic heterocycles. The first kappa shape index (κ1) is 13.4. The van der Waals surface area contributed by atoms with Crippen LogP contribution >= 0.6 is 0 Å². The molecular formula is C16H21NO3. The molecule has 1 aromatic rings. The van der Waals surface area contributed by atoms with Crippen molar-refractivity contribution in [2.45, 2.75) is 37.6 Å². The highest BCUT2D eigenvalue weighted by molar-refractivity contribution is 5.70. The van der Waals surface area contributed by atoms with Gasteiger partial charge in [-0.2, -0.15) is 0 Å². The van der Waals surface area contributed by atoms with Gasteiger partial charge in [-0.15, -0.1) is 0 Å². The van der Waals surface area contributed by atoms with E-state index in [9.17, 15) is 4.79 Å². The molecule has 1 fully saturated rings. The Morgan fingerprint density at radius 3 is 2.80 bits per heavy atom. The van der Waals surface area contributed by atoms with Gasteiger partial charge in [0, 0.05) is 12.1 Å². The topological polar surface area (TPSA) is 58.6 Å². The fourth-order valence-corrected chi connectivity index (χ4v) is 3.71. The minimum absolute atomic E-state index is 0.0220. The monoisotopic (exact) mass is 275 g/mol. The van der Waals surface area contributed by atoms with Gasteiger partial charge in [-0.1, -0.05) is 6.07 Å². The highest BCUT2D eigenvalue weighted by Gasteiger charge is 2.41. The van der Waals surface area contributed by atoms with Crippen molar-refractivity contribution in [2.24, 2.45) is 5.92 Å². The number of nitrogens with one attached hydrogen (secondary N) is 1. The molecule has 0 saturated heterocycles. The third kappa shape index (κ3) is 2.18. The minimum Gasteiger partial charge on any atom is -0.497 e. The Kier molecular flexibility index (Phi) is 3.42. The van der Waals surface area contributed by atoms with Crippen LogP contribution in [0.15, 0.2) is 18.2 Å². The SMILES string of the molecule is COc1ccc2c(c1)CCNC21CCC(C(=O)O)CC1. The normalized spacial score (nSPS) is 28.9. The molecule has 1 spiro atoms. The summed E-state index contributed by atoms with van der Waals surface area (Å²) in [6.45, 7) is 0.956. The molecule has 4 heteroatoms. The lowest BCUT2D eigenvalue weighted by molar-refractivity contribution is -0.143. The Balaban J connectivity index is 1.88. The van der Waals surface area contributed by atoms with Crippen LogP contribution in [0.1, 0.15) is 36.8 Å². The first-order chi connectivity index (χ1) is 9.64. The Hall–Kier alpha value is -1.55. The van der Waals surface area contributed by atoms with Crippen LogP contribution in [0.4, 0.5) is 0 Å². The molecule has 4 nitrogen and oxygen atoms in total. The second kappa shape index (κ2) is 5.09. The van der Waals surface area contributed by atoms with Crippen molar-refractivity contribution in [1.82, 2.24) is 5.32 Å². The fourth-order valence-electron chi connectivity index (χ4n) is 3.71. The molecule has 2 aliphatic rings. The number of methoxy groups -OCH3 is 1. The van der Waals surface area contributed by atoms with Gasteiger partial charge in [0.1, 0.15) is 5.75 Å². The van der Waals surface area contributed by atoms with Crippen LogP contribution in [0.25, 0.3) is 0 Å². The van der Waals surface area contributed by atoms with E-state index in [1.807, 2.05) is 6.07 Å². The molecule has 0 bridgehead atoms. The number of rotatable bonds is 2. The summed E-state index contributed by atoms with van der Waals surface area (Å²) in [5, 5.41) is 12.8. The van der Waals surface area contributed by atoms with E-state index in [-0.39, 0.29) is 11.5 Å². The molecule has 3 rings (SSSR count). The zero-order chi connectivity index (χ0) is 14.2. The lowest BCUT2D eigenvalue weighted by atomic mass is 9.70. The second-order valence-corrected chi connectivity index (χ2v) is 5.89. The van der Waals surface area contributed by atoms with Crippen molar-refractivity contribution in [3.8, 4) is 5.75 Å². The summed E-state index contributed by atoms with van der Waals surface area (Å²) in [4.78, 5) is 11.1. The van der Waals surface area contributed by atoms with E-state index in [1.54, 1.807) is 7.11 Å². The average molecular weight is 275 g/mol. The molecule has 1 heterocycles. The summed E-state index contributed by atoms with van der Waals surface area (Å²) < 4.78 is 5.31. The quantitative estimate of drug-likeness (QED) is 0.869. The fraction of sp³-hybridized carbons (Fsp3) is 0.562. The summed E-state index contributed by atoms with van der Waals surface area (Å²) in [6.07, 6.45) is 4.34. The lowest BCUT2D eigenvalue weighted by Gasteiger charge is -2.44. The van der Waals surface area contributed by atoms with Gasteiger partial charge in [-0.3, -0.25) is 4.79 Å². The van der Waals surface area contributed by atoms with Crippen molar-refractivity contribution in [3.63, 3.8) is 0 Å². The number of aliphatic carboxylic acids is 1. The molecule has 1 saturated carbocycles. The molecule has 0 radical (unpaired) electrons. The third-order valence-corrected chi connectivity index (χ3v) is 4.87. The summed E-state index contributed by atoms with van der Waals surface area (Å²) >= 11 is 0. The summed E-state index contributed by atoms with van der Waals surface area (Å²) in [7, 11) is 1.69. The standard InChI is InChI=1S/C16H21NO3/c1-20-13-2-3-14-12(10-13)6-9-17-16(14)7-4-11(5-8-16)15(18)19/h2-3,10-11,17H,4-9H2,1H3,(H,18,19). The smallest absolute Gasteiger partial charge is 0.306 e. The van der Waals surface area contributed by atoms with E-state index in [0.29, 0.717) is 0 Å². The number of ether oxygens (including phenoxy) is 1. The van der Waals surface area contributed by atoms with Crippen LogP contribution in [0.5, 0.6) is 5.75 Å². The number of fused-ring (bicyclic) bond motifs is 2. The van der Waals surface area contributed by atoms with Gasteiger partial charge < -0.3 is 15.2 Å². The average Bonchev–Trinajstić information content (AvgIpc) is 2.47. The number of hydrogen-bond donors (Lipinski definition) is 2. The molecule has 1 aliphatic carbocycles. The molecule has 20 heavy (non-hydrogen) atoms. The largest absolute Gasteiger partial charge is 0.497 e. The van der Waals surface area contributed by atoms with Crippen molar-refractivity contribution < 1.29 is 14.6 Å². The van der Waals surface area contributed by atoms with Gasteiger partial charge in [-0.25, -0.2) is 0 Å². The maximum atomic E-state index is 11.1. The van der Waals surface area contributed by atoms with Gasteiger partial charge >= 0.3 is 5.97 Å². The van der Waals surface area contributed by atoms with Crippen LogP contribution in [-0.4, -0.2) is 24.7 Å². The van der Waals surface area contributed by atoms with E-state index in [1.165, 1.54) is 11.1 Å². The van der Waals surface area contributed by atoms with E-state index in [2.05, 4.69) is 17.4 Å². The van der Waals surface area contributed by atoms with Crippen molar-refractivity contribution in [1.29, 1.82) is 0 Å². The van der Waals surface area contributed by atoms with Gasteiger partial charge in [0.05, 0.1) is 13.0 Å². The number of hydrogen-bond acceptors (Lipinski definition) is 3. The highest BCUT2D eigenvalue weighted by atomic mass is 16.5. The Morgan fingerprint density at radius 1 is 1.40 bits per heavy atom. The maximum Gasteiger partial charge on any atom is 0.306 e. The first-order valence-corrected chi connectivity index (χ1v) is 7.30. The molecule has 1 aromatic carbocycles. The molecular weight excluding hydrogens is 254 g/mol. The predicted octanol–water partition coefficient (Wildman–Crippen LogP) is 2.31. The molecule has 0 unspecified atom stereocenters. The first-order valence-electron chi connectivity index (χ1n) is 7.30. The van der Waals surface area contributed by atoms with Crippen LogP contribution in [0, 0.1) is 5.92 Å². The number of carboxylic acid groups (broad SMARTS) is 1. The summed E-state index contributed by atoms with van der Waals surface area (Å²) in [5.74, 6) is 0.0803. The Labute approximate surface area is 119 Å². The molecule has 0 atom stereocenters. The van der Waals surface area contributed by atoms with Crippen LogP contribution in [0.2, 0.25) is 0 Å². The third-order valence-electron chi connectivity index (χ3n) is 4.87. The highest BCUT2D eigenvalue weighted by Crippen LogP contribution is 2.43. The van der Waals surface area contributed by atoms with Gasteiger partial charge in [-0.05, 0) is 55.4 Å². The maximum absolute atomic E-state index is 11.1. The van der Waals surface area contributed by atoms with Gasteiger partial charge in [0.25, 0.3) is 0 Å². The number of carbonyl (C=O) groups is 1. The van der Waals surface area contributed by atoms with Crippen LogP contribution in [0.3, 0.4) is 0 Å². The molecule has 108 valence electrons. The van der Waals surface area contributed by atoms with Gasteiger partial charge in [0.2, 0.25) is 0 Å². The van der Waals surface area contributed by atoms with Gasteiger partial charge in [0.15, 0.2) is 0 Å². The number of benzene rings is 1. The van der Waals surface area contributed by atoms with Crippen LogP contribution < -0.4 is 10.1 Å². The van der Waals surface area contributed by atoms with Crippen molar-refractivity contribution in [3.05, 3.63) is 29.3 Å². The molecule has 0 amide bonds. The Morgan fingerprint density at radius 2 is 2.15 bits per heavy atom. The molecule has 1 aliphatic heterocycles. The molecule has 2 N–H and O–H groups in total. The second-order valence-electron chi connectivity index (χ2n) is 5.89. The van der Waals surface area contributed by atoms with Crippen molar-refractivity contribution in [2.75, 3.05) is 13.7 Å². The van der Waals surface area contributed by atoms with Crippen molar-refractivity contribution >= 4 is 5.97 Å². The number of carboxylic acids is 1. The predicted molar refractivity (Wildman–Crippen MR) is 76.0 cm³/mol.